The number of alkyl halides is 3. The van der Waals surface area contributed by atoms with Crippen molar-refractivity contribution in [1.82, 2.24) is 19.4 Å². The van der Waals surface area contributed by atoms with Crippen LogP contribution in [0.5, 0.6) is 0 Å². The Morgan fingerprint density at radius 2 is 1.89 bits per heavy atom. The lowest BCUT2D eigenvalue weighted by Gasteiger charge is -2.33. The molecule has 1 aliphatic heterocycles. The van der Waals surface area contributed by atoms with Crippen LogP contribution in [0.3, 0.4) is 0 Å². The summed E-state index contributed by atoms with van der Waals surface area (Å²) in [6.07, 6.45) is -3.51. The van der Waals surface area contributed by atoms with E-state index >= 15 is 0 Å². The monoisotopic (exact) mass is 422 g/mol. The summed E-state index contributed by atoms with van der Waals surface area (Å²) in [6, 6.07) is 2.31. The highest BCUT2D eigenvalue weighted by Gasteiger charge is 2.34. The van der Waals surface area contributed by atoms with Crippen LogP contribution in [0.4, 0.5) is 13.2 Å². The summed E-state index contributed by atoms with van der Waals surface area (Å²) < 4.78 is 65.7. The number of aryl methyl sites for hydroxylation is 1. The molecule has 1 fully saturated rings. The molecule has 27 heavy (non-hydrogen) atoms. The zero-order valence-corrected chi connectivity index (χ0v) is 16.6. The number of nitrogens with zero attached hydrogens (tertiary/aromatic N) is 3. The maximum atomic E-state index is 13.0. The maximum Gasteiger partial charge on any atom is 0.432 e. The summed E-state index contributed by atoms with van der Waals surface area (Å²) in [5.41, 5.74) is -0.871. The lowest BCUT2D eigenvalue weighted by atomic mass is 10.3. The Morgan fingerprint density at radius 3 is 2.44 bits per heavy atom. The summed E-state index contributed by atoms with van der Waals surface area (Å²) in [7, 11) is -3.68. The van der Waals surface area contributed by atoms with Crippen molar-refractivity contribution in [1.29, 1.82) is 0 Å². The predicted octanol–water partition coefficient (Wildman–Crippen LogP) is 3.18. The molecule has 2 aromatic rings. The van der Waals surface area contributed by atoms with Gasteiger partial charge < -0.3 is 4.90 Å². The van der Waals surface area contributed by atoms with Crippen molar-refractivity contribution in [2.75, 3.05) is 32.7 Å². The first-order valence-electron chi connectivity index (χ1n) is 8.59. The zero-order valence-electron chi connectivity index (χ0n) is 15.0. The van der Waals surface area contributed by atoms with E-state index in [2.05, 4.69) is 16.9 Å². The number of aromatic amines is 1. The van der Waals surface area contributed by atoms with Gasteiger partial charge in [-0.3, -0.25) is 5.10 Å². The SMILES string of the molecule is CCCN1CCN(S(=O)(=O)c2cc(-c3cc(C(F)(F)F)[nH]n3)sc2C)CC1. The van der Waals surface area contributed by atoms with Crippen LogP contribution < -0.4 is 0 Å². The molecule has 0 unspecified atom stereocenters. The van der Waals surface area contributed by atoms with Crippen LogP contribution in [0.15, 0.2) is 17.0 Å². The third-order valence-electron chi connectivity index (χ3n) is 4.50. The number of sulfonamides is 1. The molecule has 1 saturated heterocycles. The minimum Gasteiger partial charge on any atom is -0.301 e. The van der Waals surface area contributed by atoms with Gasteiger partial charge in [-0.05, 0) is 32.0 Å². The Morgan fingerprint density at radius 1 is 1.22 bits per heavy atom. The summed E-state index contributed by atoms with van der Waals surface area (Å²) in [5.74, 6) is 0. The fraction of sp³-hybridized carbons (Fsp3) is 0.562. The normalized spacial score (nSPS) is 17.5. The Labute approximate surface area is 160 Å². The van der Waals surface area contributed by atoms with Crippen molar-refractivity contribution in [3.05, 3.63) is 22.7 Å². The topological polar surface area (TPSA) is 69.3 Å². The Bertz CT molecular complexity index is 897. The first-order valence-corrected chi connectivity index (χ1v) is 10.8. The van der Waals surface area contributed by atoms with Crippen LogP contribution in [-0.2, 0) is 16.2 Å². The minimum atomic E-state index is -4.52. The van der Waals surface area contributed by atoms with Crippen LogP contribution >= 0.6 is 11.3 Å². The van der Waals surface area contributed by atoms with Crippen molar-refractivity contribution < 1.29 is 21.6 Å². The van der Waals surface area contributed by atoms with Crippen LogP contribution in [0.2, 0.25) is 0 Å². The molecule has 0 aromatic carbocycles. The quantitative estimate of drug-likeness (QED) is 0.804. The smallest absolute Gasteiger partial charge is 0.301 e. The van der Waals surface area contributed by atoms with Gasteiger partial charge in [0.15, 0.2) is 0 Å². The molecular weight excluding hydrogens is 401 g/mol. The number of nitrogens with one attached hydrogen (secondary N) is 1. The summed E-state index contributed by atoms with van der Waals surface area (Å²) in [6.45, 7) is 6.86. The summed E-state index contributed by atoms with van der Waals surface area (Å²) in [4.78, 5) is 3.29. The van der Waals surface area contributed by atoms with Crippen molar-refractivity contribution in [2.45, 2.75) is 31.3 Å². The second-order valence-electron chi connectivity index (χ2n) is 6.44. The van der Waals surface area contributed by atoms with Gasteiger partial charge in [-0.15, -0.1) is 11.3 Å². The third-order valence-corrected chi connectivity index (χ3v) is 7.72. The fourth-order valence-electron chi connectivity index (χ4n) is 3.09. The molecule has 1 N–H and O–H groups in total. The summed E-state index contributed by atoms with van der Waals surface area (Å²) in [5, 5.41) is 5.64. The zero-order chi connectivity index (χ0) is 19.8. The van der Waals surface area contributed by atoms with Gasteiger partial charge in [0, 0.05) is 31.1 Å². The van der Waals surface area contributed by atoms with Crippen molar-refractivity contribution >= 4 is 21.4 Å². The lowest BCUT2D eigenvalue weighted by Crippen LogP contribution is -2.48. The summed E-state index contributed by atoms with van der Waals surface area (Å²) >= 11 is 1.12. The van der Waals surface area contributed by atoms with E-state index in [0.29, 0.717) is 35.9 Å². The third kappa shape index (κ3) is 4.20. The van der Waals surface area contributed by atoms with E-state index < -0.39 is 21.9 Å². The van der Waals surface area contributed by atoms with Crippen LogP contribution in [0, 0.1) is 6.92 Å². The van der Waals surface area contributed by atoms with Gasteiger partial charge in [0.1, 0.15) is 11.4 Å². The largest absolute Gasteiger partial charge is 0.432 e. The van der Waals surface area contributed by atoms with Crippen molar-refractivity contribution in [2.24, 2.45) is 0 Å². The van der Waals surface area contributed by atoms with Crippen LogP contribution in [0.1, 0.15) is 23.9 Å². The first kappa shape index (κ1) is 20.3. The van der Waals surface area contributed by atoms with Crippen LogP contribution in [-0.4, -0.2) is 60.5 Å². The van der Waals surface area contributed by atoms with Gasteiger partial charge in [-0.25, -0.2) is 8.42 Å². The van der Waals surface area contributed by atoms with Crippen molar-refractivity contribution in [3.8, 4) is 10.6 Å². The molecule has 6 nitrogen and oxygen atoms in total. The number of aromatic nitrogens is 2. The predicted molar refractivity (Wildman–Crippen MR) is 97.1 cm³/mol. The molecule has 0 spiro atoms. The lowest BCUT2D eigenvalue weighted by molar-refractivity contribution is -0.141. The molecule has 3 rings (SSSR count). The minimum absolute atomic E-state index is 0.0876. The molecule has 3 heterocycles. The van der Waals surface area contributed by atoms with Gasteiger partial charge in [0.2, 0.25) is 10.0 Å². The highest BCUT2D eigenvalue weighted by Crippen LogP contribution is 2.36. The molecule has 11 heteroatoms. The average molecular weight is 422 g/mol. The maximum absolute atomic E-state index is 13.0. The van der Waals surface area contributed by atoms with E-state index in [1.807, 2.05) is 5.10 Å². The van der Waals surface area contributed by atoms with E-state index in [0.717, 1.165) is 30.4 Å². The number of halogens is 3. The van der Waals surface area contributed by atoms with Crippen LogP contribution in [0.25, 0.3) is 10.6 Å². The number of hydrogen-bond acceptors (Lipinski definition) is 5. The molecule has 1 aliphatic rings. The second-order valence-corrected chi connectivity index (χ2v) is 9.60. The second kappa shape index (κ2) is 7.53. The average Bonchev–Trinajstić information content (AvgIpc) is 3.22. The highest BCUT2D eigenvalue weighted by atomic mass is 32.2. The molecular formula is C16H21F3N4O2S2. The number of hydrogen-bond donors (Lipinski definition) is 1. The van der Waals surface area contributed by atoms with E-state index in [1.54, 1.807) is 6.92 Å². The number of rotatable bonds is 5. The molecule has 0 bridgehead atoms. The molecule has 0 atom stereocenters. The number of thiophene rings is 1. The molecule has 0 saturated carbocycles. The molecule has 0 aliphatic carbocycles. The van der Waals surface area contributed by atoms with E-state index in [9.17, 15) is 21.6 Å². The standard InChI is InChI=1S/C16H21F3N4O2S2/c1-3-4-22-5-7-23(8-6-22)27(24,25)14-10-13(26-11(14)2)12-9-15(21-20-12)16(17,18)19/h9-10H,3-8H2,1-2H3,(H,20,21). The highest BCUT2D eigenvalue weighted by molar-refractivity contribution is 7.89. The Hall–Kier alpha value is -1.43. The molecule has 150 valence electrons. The van der Waals surface area contributed by atoms with Gasteiger partial charge in [0.05, 0.1) is 9.77 Å². The number of piperazine rings is 1. The number of H-pyrrole nitrogens is 1. The van der Waals surface area contributed by atoms with Crippen molar-refractivity contribution in [3.63, 3.8) is 0 Å². The Balaban J connectivity index is 1.82. The fourth-order valence-corrected chi connectivity index (χ4v) is 6.03. The van der Waals surface area contributed by atoms with E-state index in [1.165, 1.54) is 10.4 Å². The van der Waals surface area contributed by atoms with E-state index in [-0.39, 0.29) is 10.6 Å². The molecule has 2 aromatic heterocycles. The first-order chi connectivity index (χ1) is 12.6. The van der Waals surface area contributed by atoms with Gasteiger partial charge in [-0.1, -0.05) is 6.92 Å². The van der Waals surface area contributed by atoms with Gasteiger partial charge in [-0.2, -0.15) is 22.6 Å². The Kier molecular flexibility index (Phi) is 5.67. The van der Waals surface area contributed by atoms with E-state index in [4.69, 9.17) is 0 Å². The molecule has 0 amide bonds. The molecule has 0 radical (unpaired) electrons. The van der Waals surface area contributed by atoms with Gasteiger partial charge >= 0.3 is 6.18 Å². The van der Waals surface area contributed by atoms with Gasteiger partial charge in [0.25, 0.3) is 0 Å².